The lowest BCUT2D eigenvalue weighted by Gasteiger charge is -2.34. The fourth-order valence-electron chi connectivity index (χ4n) is 3.14. The molecule has 1 saturated heterocycles. The number of benzene rings is 2. The lowest BCUT2D eigenvalue weighted by Crippen LogP contribution is -2.49. The Morgan fingerprint density at radius 2 is 1.61 bits per heavy atom. The second-order valence-electron chi connectivity index (χ2n) is 6.29. The maximum absolute atomic E-state index is 12.9. The van der Waals surface area contributed by atoms with E-state index in [1.807, 2.05) is 35.2 Å². The van der Waals surface area contributed by atoms with Gasteiger partial charge in [0, 0.05) is 26.2 Å². The van der Waals surface area contributed by atoms with Crippen molar-refractivity contribution in [3.05, 3.63) is 54.6 Å². The van der Waals surface area contributed by atoms with E-state index in [0.717, 1.165) is 5.69 Å². The second kappa shape index (κ2) is 7.56. The van der Waals surface area contributed by atoms with Crippen LogP contribution in [0.5, 0.6) is 5.75 Å². The normalized spacial score (nSPS) is 15.5. The fourth-order valence-corrected chi connectivity index (χ4v) is 4.56. The zero-order chi connectivity index (χ0) is 19.6. The van der Waals surface area contributed by atoms with Gasteiger partial charge in [-0.05, 0) is 46.8 Å². The first-order chi connectivity index (χ1) is 13.6. The quantitative estimate of drug-likeness (QED) is 0.635. The molecular weight excluding hydrogens is 380 g/mol. The van der Waals surface area contributed by atoms with Gasteiger partial charge in [-0.25, -0.2) is 8.42 Å². The maximum atomic E-state index is 12.9. The Bertz CT molecular complexity index is 1030. The maximum Gasteiger partial charge on any atom is 0.250 e. The molecule has 1 aromatic heterocycles. The first-order valence-corrected chi connectivity index (χ1v) is 10.3. The predicted molar refractivity (Wildman–Crippen MR) is 103 cm³/mol. The summed E-state index contributed by atoms with van der Waals surface area (Å²) >= 11 is 0. The minimum Gasteiger partial charge on any atom is -0.497 e. The van der Waals surface area contributed by atoms with Crippen LogP contribution in [0.4, 0.5) is 5.95 Å². The molecule has 2 aromatic carbocycles. The van der Waals surface area contributed by atoms with Crippen LogP contribution in [0.1, 0.15) is 0 Å². The number of tetrazole rings is 1. The Labute approximate surface area is 163 Å². The van der Waals surface area contributed by atoms with E-state index in [4.69, 9.17) is 4.74 Å². The molecule has 2 heterocycles. The molecule has 146 valence electrons. The van der Waals surface area contributed by atoms with Gasteiger partial charge in [0.2, 0.25) is 16.0 Å². The molecule has 0 unspecified atom stereocenters. The van der Waals surface area contributed by atoms with E-state index >= 15 is 0 Å². The molecule has 10 heteroatoms. The summed E-state index contributed by atoms with van der Waals surface area (Å²) in [4.78, 5) is 2.25. The number of methoxy groups -OCH3 is 1. The molecule has 0 bridgehead atoms. The van der Waals surface area contributed by atoms with Gasteiger partial charge < -0.3 is 9.64 Å². The first-order valence-electron chi connectivity index (χ1n) is 8.82. The molecule has 1 aliphatic heterocycles. The summed E-state index contributed by atoms with van der Waals surface area (Å²) in [5.41, 5.74) is 0.857. The van der Waals surface area contributed by atoms with E-state index in [1.54, 1.807) is 36.1 Å². The number of anilines is 1. The summed E-state index contributed by atoms with van der Waals surface area (Å²) in [7, 11) is -2.00. The molecule has 1 aliphatic rings. The van der Waals surface area contributed by atoms with Gasteiger partial charge in [0.25, 0.3) is 0 Å². The Kier molecular flexibility index (Phi) is 4.97. The van der Waals surface area contributed by atoms with E-state index in [2.05, 4.69) is 15.5 Å². The van der Waals surface area contributed by atoms with E-state index in [1.165, 1.54) is 4.31 Å². The number of nitrogens with zero attached hydrogens (tertiary/aromatic N) is 6. The molecule has 0 N–H and O–H groups in total. The monoisotopic (exact) mass is 400 g/mol. The van der Waals surface area contributed by atoms with Gasteiger partial charge in [0.1, 0.15) is 5.75 Å². The number of hydrogen-bond acceptors (Lipinski definition) is 7. The smallest absolute Gasteiger partial charge is 0.250 e. The molecule has 0 saturated carbocycles. The minimum absolute atomic E-state index is 0.260. The molecule has 0 amide bonds. The summed E-state index contributed by atoms with van der Waals surface area (Å²) < 4.78 is 34.0. The number of aromatic nitrogens is 4. The van der Waals surface area contributed by atoms with E-state index < -0.39 is 10.0 Å². The third-order valence-electron chi connectivity index (χ3n) is 4.67. The Morgan fingerprint density at radius 1 is 0.929 bits per heavy atom. The van der Waals surface area contributed by atoms with Crippen molar-refractivity contribution in [2.24, 2.45) is 0 Å². The Morgan fingerprint density at radius 3 is 2.25 bits per heavy atom. The number of sulfonamides is 1. The van der Waals surface area contributed by atoms with Crippen molar-refractivity contribution in [3.63, 3.8) is 0 Å². The molecule has 0 radical (unpaired) electrons. The molecule has 0 aliphatic carbocycles. The van der Waals surface area contributed by atoms with Crippen molar-refractivity contribution in [1.82, 2.24) is 24.5 Å². The van der Waals surface area contributed by atoms with E-state index in [0.29, 0.717) is 37.9 Å². The zero-order valence-corrected chi connectivity index (χ0v) is 16.2. The molecule has 9 nitrogen and oxygen atoms in total. The Balaban J connectivity index is 1.49. The molecule has 28 heavy (non-hydrogen) atoms. The highest BCUT2D eigenvalue weighted by Crippen LogP contribution is 2.22. The largest absolute Gasteiger partial charge is 0.497 e. The SMILES string of the molecule is COc1ccc(S(=O)(=O)N2CCN(c3nnnn3-c3ccccc3)CC2)cc1. The van der Waals surface area contributed by atoms with Crippen LogP contribution >= 0.6 is 0 Å². The summed E-state index contributed by atoms with van der Waals surface area (Å²) in [6.45, 7) is 1.72. The molecule has 4 rings (SSSR count). The highest BCUT2D eigenvalue weighted by atomic mass is 32.2. The zero-order valence-electron chi connectivity index (χ0n) is 15.3. The average Bonchev–Trinajstić information content (AvgIpc) is 3.24. The highest BCUT2D eigenvalue weighted by molar-refractivity contribution is 7.89. The van der Waals surface area contributed by atoms with Crippen LogP contribution in [0, 0.1) is 0 Å². The van der Waals surface area contributed by atoms with Gasteiger partial charge in [0.15, 0.2) is 0 Å². The van der Waals surface area contributed by atoms with Crippen LogP contribution in [-0.2, 0) is 10.0 Å². The third kappa shape index (κ3) is 3.43. The average molecular weight is 400 g/mol. The van der Waals surface area contributed by atoms with Crippen molar-refractivity contribution in [1.29, 1.82) is 0 Å². The van der Waals surface area contributed by atoms with Gasteiger partial charge in [-0.3, -0.25) is 0 Å². The van der Waals surface area contributed by atoms with Crippen LogP contribution in [0.15, 0.2) is 59.5 Å². The van der Waals surface area contributed by atoms with Crippen LogP contribution < -0.4 is 9.64 Å². The molecule has 0 atom stereocenters. The molecule has 1 fully saturated rings. The van der Waals surface area contributed by atoms with Crippen molar-refractivity contribution in [2.75, 3.05) is 38.2 Å². The molecular formula is C18H20N6O3S. The molecule has 0 spiro atoms. The summed E-state index contributed by atoms with van der Waals surface area (Å²) in [6.07, 6.45) is 0. The number of piperazine rings is 1. The second-order valence-corrected chi connectivity index (χ2v) is 8.23. The minimum atomic E-state index is -3.55. The van der Waals surface area contributed by atoms with Gasteiger partial charge in [0.05, 0.1) is 17.7 Å². The standard InChI is InChI=1S/C18H20N6O3S/c1-27-16-7-9-17(10-8-16)28(25,26)23-13-11-22(12-14-23)18-19-20-21-24(18)15-5-3-2-4-6-15/h2-10H,11-14H2,1H3. The Hall–Kier alpha value is -2.98. The van der Waals surface area contributed by atoms with Crippen LogP contribution in [0.3, 0.4) is 0 Å². The highest BCUT2D eigenvalue weighted by Gasteiger charge is 2.30. The van der Waals surface area contributed by atoms with Crippen LogP contribution in [0.2, 0.25) is 0 Å². The lowest BCUT2D eigenvalue weighted by molar-refractivity contribution is 0.381. The van der Waals surface area contributed by atoms with Crippen molar-refractivity contribution in [3.8, 4) is 11.4 Å². The number of ether oxygens (including phenoxy) is 1. The van der Waals surface area contributed by atoms with Gasteiger partial charge in [-0.1, -0.05) is 23.3 Å². The van der Waals surface area contributed by atoms with Crippen molar-refractivity contribution in [2.45, 2.75) is 4.90 Å². The number of hydrogen-bond donors (Lipinski definition) is 0. The number of para-hydroxylation sites is 1. The van der Waals surface area contributed by atoms with E-state index in [-0.39, 0.29) is 4.90 Å². The summed E-state index contributed by atoms with van der Waals surface area (Å²) in [6, 6.07) is 16.0. The van der Waals surface area contributed by atoms with Crippen molar-refractivity contribution < 1.29 is 13.2 Å². The topological polar surface area (TPSA) is 93.5 Å². The van der Waals surface area contributed by atoms with Crippen molar-refractivity contribution >= 4 is 16.0 Å². The third-order valence-corrected chi connectivity index (χ3v) is 6.59. The van der Waals surface area contributed by atoms with Gasteiger partial charge in [-0.15, -0.1) is 0 Å². The summed E-state index contributed by atoms with van der Waals surface area (Å²) in [5.74, 6) is 1.23. The predicted octanol–water partition coefficient (Wildman–Crippen LogP) is 1.18. The van der Waals surface area contributed by atoms with Crippen LogP contribution in [-0.4, -0.2) is 66.2 Å². The molecule has 3 aromatic rings. The summed E-state index contributed by atoms with van der Waals surface area (Å²) in [5, 5.41) is 12.0. The lowest BCUT2D eigenvalue weighted by atomic mass is 10.3. The van der Waals surface area contributed by atoms with Gasteiger partial charge >= 0.3 is 0 Å². The number of rotatable bonds is 5. The van der Waals surface area contributed by atoms with Gasteiger partial charge in [-0.2, -0.15) is 8.99 Å². The first kappa shape index (κ1) is 18.4. The fraction of sp³-hybridized carbons (Fsp3) is 0.278. The van der Waals surface area contributed by atoms with Crippen LogP contribution in [0.25, 0.3) is 5.69 Å². The van der Waals surface area contributed by atoms with E-state index in [9.17, 15) is 8.42 Å².